The molecule has 0 aromatic heterocycles. The molecule has 28 heavy (non-hydrogen) atoms. The number of carbonyl (C=O) groups excluding carboxylic acids is 2. The maximum absolute atomic E-state index is 12.7. The van der Waals surface area contributed by atoms with Crippen molar-refractivity contribution in [1.29, 1.82) is 0 Å². The summed E-state index contributed by atoms with van der Waals surface area (Å²) in [7, 11) is 0. The second kappa shape index (κ2) is 10.3. The number of carbonyl (C=O) groups is 2. The summed E-state index contributed by atoms with van der Waals surface area (Å²) in [6.07, 6.45) is 0.957. The number of benzene rings is 1. The lowest BCUT2D eigenvalue weighted by Gasteiger charge is -2.39. The summed E-state index contributed by atoms with van der Waals surface area (Å²) in [5.74, 6) is 0. The Kier molecular flexibility index (Phi) is 8.11. The molecule has 7 heteroatoms. The van der Waals surface area contributed by atoms with Crippen molar-refractivity contribution in [3.05, 3.63) is 35.9 Å². The van der Waals surface area contributed by atoms with E-state index >= 15 is 0 Å². The number of ether oxygens (including phenoxy) is 3. The molecule has 0 aliphatic carbocycles. The number of hydrogen-bond donors (Lipinski definition) is 1. The molecule has 0 bridgehead atoms. The summed E-state index contributed by atoms with van der Waals surface area (Å²) in [6.45, 7) is 8.44. The van der Waals surface area contributed by atoms with Crippen molar-refractivity contribution in [2.45, 2.75) is 71.4 Å². The fourth-order valence-corrected chi connectivity index (χ4v) is 3.15. The number of nitrogens with zero attached hydrogens (tertiary/aromatic N) is 1. The highest BCUT2D eigenvalue weighted by Crippen LogP contribution is 2.22. The minimum Gasteiger partial charge on any atom is -0.445 e. The van der Waals surface area contributed by atoms with Crippen molar-refractivity contribution in [2.24, 2.45) is 0 Å². The van der Waals surface area contributed by atoms with E-state index in [4.69, 9.17) is 14.2 Å². The zero-order valence-corrected chi connectivity index (χ0v) is 17.3. The van der Waals surface area contributed by atoms with E-state index < -0.39 is 24.0 Å². The van der Waals surface area contributed by atoms with Gasteiger partial charge >= 0.3 is 12.2 Å². The summed E-state index contributed by atoms with van der Waals surface area (Å²) < 4.78 is 16.6. The molecule has 1 N–H and O–H groups in total. The van der Waals surface area contributed by atoms with Crippen LogP contribution in [0.4, 0.5) is 9.59 Å². The van der Waals surface area contributed by atoms with E-state index in [0.29, 0.717) is 13.2 Å². The first-order valence-corrected chi connectivity index (χ1v) is 9.88. The largest absolute Gasteiger partial charge is 0.445 e. The molecule has 0 radical (unpaired) electrons. The number of nitrogens with one attached hydrogen (secondary N) is 1. The van der Waals surface area contributed by atoms with Crippen LogP contribution in [0, 0.1) is 0 Å². The molecule has 1 saturated heterocycles. The highest BCUT2D eigenvalue weighted by molar-refractivity contribution is 5.70. The van der Waals surface area contributed by atoms with Crippen LogP contribution in [0.3, 0.4) is 0 Å². The number of amides is 2. The molecule has 2 unspecified atom stereocenters. The maximum Gasteiger partial charge on any atom is 0.410 e. The molecule has 2 rings (SSSR count). The quantitative estimate of drug-likeness (QED) is 0.739. The Morgan fingerprint density at radius 2 is 1.93 bits per heavy atom. The van der Waals surface area contributed by atoms with Gasteiger partial charge in [-0.3, -0.25) is 5.32 Å². The summed E-state index contributed by atoms with van der Waals surface area (Å²) in [5.41, 5.74) is 0.319. The summed E-state index contributed by atoms with van der Waals surface area (Å²) in [5, 5.41) is 2.77. The number of rotatable bonds is 6. The van der Waals surface area contributed by atoms with Crippen molar-refractivity contribution in [3.8, 4) is 0 Å². The molecule has 1 aromatic carbocycles. The number of hydrogen-bond acceptors (Lipinski definition) is 5. The molecule has 0 saturated carbocycles. The molecular formula is C21H32N2O5. The van der Waals surface area contributed by atoms with Gasteiger partial charge in [-0.2, -0.15) is 0 Å². The van der Waals surface area contributed by atoms with Crippen LogP contribution in [0.5, 0.6) is 0 Å². The predicted octanol–water partition coefficient (Wildman–Crippen LogP) is 4.07. The highest BCUT2D eigenvalue weighted by Gasteiger charge is 2.36. The molecular weight excluding hydrogens is 360 g/mol. The molecule has 1 fully saturated rings. The van der Waals surface area contributed by atoms with Crippen LogP contribution in [-0.2, 0) is 20.8 Å². The standard InChI is InChI=1S/C21H32N2O5/c1-5-26-18(22-19(24)28-21(2,3)4)17-13-9-10-14-23(17)20(25)27-15-16-11-7-6-8-12-16/h6-8,11-12,17-18H,5,9-10,13-15H2,1-4H3,(H,22,24). The molecule has 1 heterocycles. The Morgan fingerprint density at radius 1 is 1.21 bits per heavy atom. The molecule has 2 amide bonds. The van der Waals surface area contributed by atoms with E-state index in [1.807, 2.05) is 37.3 Å². The smallest absolute Gasteiger partial charge is 0.410 e. The molecule has 156 valence electrons. The first-order chi connectivity index (χ1) is 13.3. The van der Waals surface area contributed by atoms with Crippen LogP contribution in [0.25, 0.3) is 0 Å². The van der Waals surface area contributed by atoms with Crippen molar-refractivity contribution in [1.82, 2.24) is 10.2 Å². The van der Waals surface area contributed by atoms with Crippen molar-refractivity contribution >= 4 is 12.2 Å². The Hall–Kier alpha value is -2.28. The van der Waals surface area contributed by atoms with Crippen LogP contribution >= 0.6 is 0 Å². The first-order valence-electron chi connectivity index (χ1n) is 9.88. The average molecular weight is 392 g/mol. The van der Waals surface area contributed by atoms with Gasteiger partial charge in [0.05, 0.1) is 6.04 Å². The second-order valence-corrected chi connectivity index (χ2v) is 7.82. The average Bonchev–Trinajstić information content (AvgIpc) is 2.65. The Morgan fingerprint density at radius 3 is 2.57 bits per heavy atom. The monoisotopic (exact) mass is 392 g/mol. The van der Waals surface area contributed by atoms with E-state index in [-0.39, 0.29) is 12.6 Å². The third-order valence-corrected chi connectivity index (χ3v) is 4.34. The van der Waals surface area contributed by atoms with Crippen LogP contribution < -0.4 is 5.32 Å². The van der Waals surface area contributed by atoms with E-state index in [2.05, 4.69) is 5.32 Å². The van der Waals surface area contributed by atoms with Gasteiger partial charge in [-0.15, -0.1) is 0 Å². The van der Waals surface area contributed by atoms with Crippen LogP contribution in [0.2, 0.25) is 0 Å². The number of piperidine rings is 1. The summed E-state index contributed by atoms with van der Waals surface area (Å²) in [6, 6.07) is 9.25. The Balaban J connectivity index is 2.02. The van der Waals surface area contributed by atoms with Crippen molar-refractivity contribution in [3.63, 3.8) is 0 Å². The minimum atomic E-state index is -0.649. The SMILES string of the molecule is CCOC(NC(=O)OC(C)(C)C)C1CCCCN1C(=O)OCc1ccccc1. The molecule has 7 nitrogen and oxygen atoms in total. The fraction of sp³-hybridized carbons (Fsp3) is 0.619. The Labute approximate surface area is 167 Å². The molecule has 0 spiro atoms. The minimum absolute atomic E-state index is 0.210. The molecule has 1 aromatic rings. The fourth-order valence-electron chi connectivity index (χ4n) is 3.15. The lowest BCUT2D eigenvalue weighted by Crippen LogP contribution is -2.57. The van der Waals surface area contributed by atoms with Crippen LogP contribution in [0.15, 0.2) is 30.3 Å². The zero-order valence-electron chi connectivity index (χ0n) is 17.3. The van der Waals surface area contributed by atoms with Gasteiger partial charge in [-0.05, 0) is 52.5 Å². The topological polar surface area (TPSA) is 77.1 Å². The zero-order chi connectivity index (χ0) is 20.6. The van der Waals surface area contributed by atoms with Gasteiger partial charge in [0, 0.05) is 13.2 Å². The van der Waals surface area contributed by atoms with Gasteiger partial charge in [-0.1, -0.05) is 30.3 Å². The third kappa shape index (κ3) is 7.03. The van der Waals surface area contributed by atoms with Crippen molar-refractivity contribution in [2.75, 3.05) is 13.2 Å². The normalized spacial score (nSPS) is 18.3. The van der Waals surface area contributed by atoms with E-state index in [0.717, 1.165) is 24.8 Å². The Bertz CT molecular complexity index is 629. The van der Waals surface area contributed by atoms with Crippen LogP contribution in [-0.4, -0.2) is 48.1 Å². The number of alkyl carbamates (subject to hydrolysis) is 1. The first kappa shape index (κ1) is 22.0. The summed E-state index contributed by atoms with van der Waals surface area (Å²) in [4.78, 5) is 26.6. The highest BCUT2D eigenvalue weighted by atomic mass is 16.6. The molecule has 2 atom stereocenters. The third-order valence-electron chi connectivity index (χ3n) is 4.34. The predicted molar refractivity (Wildman–Crippen MR) is 106 cm³/mol. The van der Waals surface area contributed by atoms with E-state index in [9.17, 15) is 9.59 Å². The van der Waals surface area contributed by atoms with Gasteiger partial charge in [0.1, 0.15) is 12.2 Å². The molecule has 1 aliphatic rings. The van der Waals surface area contributed by atoms with Gasteiger partial charge in [0.2, 0.25) is 0 Å². The van der Waals surface area contributed by atoms with Gasteiger partial charge in [-0.25, -0.2) is 9.59 Å². The van der Waals surface area contributed by atoms with Gasteiger partial charge in [0.25, 0.3) is 0 Å². The van der Waals surface area contributed by atoms with Gasteiger partial charge in [0.15, 0.2) is 6.23 Å². The van der Waals surface area contributed by atoms with E-state index in [1.54, 1.807) is 25.7 Å². The number of likely N-dealkylation sites (tertiary alicyclic amines) is 1. The lowest BCUT2D eigenvalue weighted by molar-refractivity contribution is -0.0451. The molecule has 1 aliphatic heterocycles. The van der Waals surface area contributed by atoms with E-state index in [1.165, 1.54) is 0 Å². The van der Waals surface area contributed by atoms with Crippen LogP contribution in [0.1, 0.15) is 52.5 Å². The second-order valence-electron chi connectivity index (χ2n) is 7.82. The summed E-state index contributed by atoms with van der Waals surface area (Å²) >= 11 is 0. The van der Waals surface area contributed by atoms with Crippen molar-refractivity contribution < 1.29 is 23.8 Å². The van der Waals surface area contributed by atoms with Gasteiger partial charge < -0.3 is 19.1 Å². The lowest BCUT2D eigenvalue weighted by atomic mass is 10.0. The maximum atomic E-state index is 12.7.